The Morgan fingerprint density at radius 3 is 2.42 bits per heavy atom. The minimum absolute atomic E-state index is 0.121. The van der Waals surface area contributed by atoms with E-state index in [1.165, 1.54) is 0 Å². The summed E-state index contributed by atoms with van der Waals surface area (Å²) in [7, 11) is 1.94. The fourth-order valence-electron chi connectivity index (χ4n) is 2.80. The second kappa shape index (κ2) is 9.35. The zero-order valence-electron chi connectivity index (χ0n) is 16.2. The van der Waals surface area contributed by atoms with Gasteiger partial charge in [-0.15, -0.1) is 0 Å². The van der Waals surface area contributed by atoms with Crippen LogP contribution in [0.5, 0.6) is 0 Å². The van der Waals surface area contributed by atoms with Gasteiger partial charge in [0.25, 0.3) is 5.91 Å². The van der Waals surface area contributed by atoms with Crippen molar-refractivity contribution >= 4 is 17.9 Å². The summed E-state index contributed by atoms with van der Waals surface area (Å²) in [6, 6.07) is 1.72. The third kappa shape index (κ3) is 5.06. The topological polar surface area (TPSA) is 78.9 Å². The van der Waals surface area contributed by atoms with Crippen molar-refractivity contribution < 1.29 is 14.3 Å². The van der Waals surface area contributed by atoms with Gasteiger partial charge in [0, 0.05) is 45.5 Å². The smallest absolute Gasteiger partial charge is 0.409 e. The van der Waals surface area contributed by atoms with E-state index in [1.807, 2.05) is 18.9 Å². The maximum absolute atomic E-state index is 12.8. The van der Waals surface area contributed by atoms with E-state index < -0.39 is 0 Å². The van der Waals surface area contributed by atoms with Gasteiger partial charge in [0.05, 0.1) is 6.61 Å². The van der Waals surface area contributed by atoms with Crippen molar-refractivity contribution in [2.75, 3.05) is 51.3 Å². The quantitative estimate of drug-likeness (QED) is 0.768. The Morgan fingerprint density at radius 1 is 1.15 bits per heavy atom. The maximum atomic E-state index is 12.8. The maximum Gasteiger partial charge on any atom is 0.409 e. The number of aromatic nitrogens is 2. The summed E-state index contributed by atoms with van der Waals surface area (Å²) in [5.74, 6) is 0.455. The first-order valence-corrected chi connectivity index (χ1v) is 9.24. The normalized spacial score (nSPS) is 14.3. The van der Waals surface area contributed by atoms with Crippen LogP contribution < -0.4 is 4.90 Å². The number of rotatable bonds is 6. The molecule has 8 heteroatoms. The lowest BCUT2D eigenvalue weighted by atomic mass is 10.2. The Balaban J connectivity index is 2.03. The summed E-state index contributed by atoms with van der Waals surface area (Å²) in [6.07, 6.45) is 1.82. The first-order chi connectivity index (χ1) is 12.5. The van der Waals surface area contributed by atoms with Crippen molar-refractivity contribution in [3.05, 3.63) is 17.5 Å². The Bertz CT molecular complexity index is 629. The zero-order chi connectivity index (χ0) is 19.1. The highest BCUT2D eigenvalue weighted by molar-refractivity contribution is 5.92. The third-order valence-corrected chi connectivity index (χ3v) is 4.34. The number of amides is 2. The highest BCUT2D eigenvalue weighted by atomic mass is 16.6. The molecule has 1 aromatic heterocycles. The predicted octanol–water partition coefficient (Wildman–Crippen LogP) is 1.94. The molecule has 0 N–H and O–H groups in total. The summed E-state index contributed by atoms with van der Waals surface area (Å²) in [5, 5.41) is 0. The van der Waals surface area contributed by atoms with Gasteiger partial charge >= 0.3 is 6.09 Å². The lowest BCUT2D eigenvalue weighted by Gasteiger charge is -2.34. The molecule has 0 saturated carbocycles. The Morgan fingerprint density at radius 2 is 1.81 bits per heavy atom. The SMILES string of the molecule is CCCCN(C)c1nc(C)cc(C(=O)N2CCN(C(=O)OCC)CC2)n1. The van der Waals surface area contributed by atoms with Crippen molar-refractivity contribution in [3.8, 4) is 0 Å². The second-order valence-electron chi connectivity index (χ2n) is 6.45. The molecule has 8 nitrogen and oxygen atoms in total. The number of aryl methyl sites for hydroxylation is 1. The van der Waals surface area contributed by atoms with Crippen LogP contribution in [0, 0.1) is 6.92 Å². The molecule has 0 atom stereocenters. The Kier molecular flexibility index (Phi) is 7.17. The fourth-order valence-corrected chi connectivity index (χ4v) is 2.80. The van der Waals surface area contributed by atoms with Crippen LogP contribution in [0.2, 0.25) is 0 Å². The van der Waals surface area contributed by atoms with E-state index in [2.05, 4.69) is 16.9 Å². The van der Waals surface area contributed by atoms with Crippen LogP contribution in [0.25, 0.3) is 0 Å². The molecule has 0 spiro atoms. The minimum Gasteiger partial charge on any atom is -0.450 e. The van der Waals surface area contributed by atoms with Crippen LogP contribution in [0.3, 0.4) is 0 Å². The van der Waals surface area contributed by atoms with Crippen LogP contribution >= 0.6 is 0 Å². The van der Waals surface area contributed by atoms with Crippen molar-refractivity contribution in [1.29, 1.82) is 0 Å². The molecule has 0 radical (unpaired) electrons. The van der Waals surface area contributed by atoms with Gasteiger partial charge < -0.3 is 19.4 Å². The first kappa shape index (κ1) is 19.9. The number of piperazine rings is 1. The monoisotopic (exact) mass is 363 g/mol. The standard InChI is InChI=1S/C18H29N5O3/c1-5-7-8-21(4)17-19-14(3)13-15(20-17)16(24)22-9-11-23(12-10-22)18(25)26-6-2/h13H,5-12H2,1-4H3. The molecule has 0 bridgehead atoms. The van der Waals surface area contributed by atoms with Crippen molar-refractivity contribution in [1.82, 2.24) is 19.8 Å². The zero-order valence-corrected chi connectivity index (χ0v) is 16.2. The molecule has 2 heterocycles. The van der Waals surface area contributed by atoms with Crippen LogP contribution in [-0.4, -0.2) is 78.1 Å². The lowest BCUT2D eigenvalue weighted by molar-refractivity contribution is 0.0566. The average Bonchev–Trinajstić information content (AvgIpc) is 2.65. The number of hydrogen-bond donors (Lipinski definition) is 0. The second-order valence-corrected chi connectivity index (χ2v) is 6.45. The molecular weight excluding hydrogens is 334 g/mol. The van der Waals surface area contributed by atoms with Crippen LogP contribution in [0.15, 0.2) is 6.07 Å². The molecular formula is C18H29N5O3. The Labute approximate surface area is 155 Å². The minimum atomic E-state index is -0.322. The number of nitrogens with zero attached hydrogens (tertiary/aromatic N) is 5. The van der Waals surface area contributed by atoms with Crippen molar-refractivity contribution in [3.63, 3.8) is 0 Å². The number of ether oxygens (including phenoxy) is 1. The summed E-state index contributed by atoms with van der Waals surface area (Å²) >= 11 is 0. The van der Waals surface area contributed by atoms with Crippen molar-refractivity contribution in [2.45, 2.75) is 33.6 Å². The summed E-state index contributed by atoms with van der Waals surface area (Å²) in [5.41, 5.74) is 1.17. The highest BCUT2D eigenvalue weighted by Gasteiger charge is 2.26. The third-order valence-electron chi connectivity index (χ3n) is 4.34. The van der Waals surface area contributed by atoms with Gasteiger partial charge in [0.1, 0.15) is 5.69 Å². The summed E-state index contributed by atoms with van der Waals surface area (Å²) in [6.45, 7) is 8.88. The predicted molar refractivity (Wildman–Crippen MR) is 99.4 cm³/mol. The molecule has 1 aliphatic heterocycles. The molecule has 0 aliphatic carbocycles. The van der Waals surface area contributed by atoms with E-state index in [0.29, 0.717) is 44.4 Å². The van der Waals surface area contributed by atoms with Gasteiger partial charge in [-0.05, 0) is 26.3 Å². The van der Waals surface area contributed by atoms with Gasteiger partial charge in [-0.3, -0.25) is 4.79 Å². The van der Waals surface area contributed by atoms with E-state index in [-0.39, 0.29) is 12.0 Å². The molecule has 1 aliphatic rings. The fraction of sp³-hybridized carbons (Fsp3) is 0.667. The number of hydrogen-bond acceptors (Lipinski definition) is 6. The van der Waals surface area contributed by atoms with E-state index in [9.17, 15) is 9.59 Å². The Hall–Kier alpha value is -2.38. The van der Waals surface area contributed by atoms with Gasteiger partial charge in [-0.25, -0.2) is 14.8 Å². The first-order valence-electron chi connectivity index (χ1n) is 9.24. The number of unbranched alkanes of at least 4 members (excludes halogenated alkanes) is 1. The lowest BCUT2D eigenvalue weighted by Crippen LogP contribution is -2.50. The van der Waals surface area contributed by atoms with E-state index in [1.54, 1.807) is 22.8 Å². The molecule has 0 unspecified atom stereocenters. The van der Waals surface area contributed by atoms with Crippen LogP contribution in [0.1, 0.15) is 42.9 Å². The molecule has 2 amide bonds. The molecule has 0 aromatic carbocycles. The van der Waals surface area contributed by atoms with Gasteiger partial charge in [-0.1, -0.05) is 13.3 Å². The number of carbonyl (C=O) groups is 2. The van der Waals surface area contributed by atoms with Crippen LogP contribution in [0.4, 0.5) is 10.7 Å². The van der Waals surface area contributed by atoms with Gasteiger partial charge in [-0.2, -0.15) is 0 Å². The van der Waals surface area contributed by atoms with Gasteiger partial charge in [0.15, 0.2) is 0 Å². The molecule has 144 valence electrons. The van der Waals surface area contributed by atoms with Gasteiger partial charge in [0.2, 0.25) is 5.95 Å². The van der Waals surface area contributed by atoms with E-state index in [0.717, 1.165) is 25.1 Å². The largest absolute Gasteiger partial charge is 0.450 e. The summed E-state index contributed by atoms with van der Waals surface area (Å²) < 4.78 is 5.01. The van der Waals surface area contributed by atoms with E-state index in [4.69, 9.17) is 4.74 Å². The molecule has 2 rings (SSSR count). The molecule has 1 saturated heterocycles. The van der Waals surface area contributed by atoms with Crippen LogP contribution in [-0.2, 0) is 4.74 Å². The van der Waals surface area contributed by atoms with Crippen molar-refractivity contribution in [2.24, 2.45) is 0 Å². The molecule has 26 heavy (non-hydrogen) atoms. The average molecular weight is 363 g/mol. The number of carbonyl (C=O) groups excluding carboxylic acids is 2. The number of anilines is 1. The summed E-state index contributed by atoms with van der Waals surface area (Å²) in [4.78, 5) is 38.8. The highest BCUT2D eigenvalue weighted by Crippen LogP contribution is 2.13. The molecule has 1 fully saturated rings. The molecule has 1 aromatic rings. The van der Waals surface area contributed by atoms with E-state index >= 15 is 0 Å².